The Morgan fingerprint density at radius 2 is 2.21 bits per heavy atom. The van der Waals surface area contributed by atoms with Crippen molar-refractivity contribution in [3.63, 3.8) is 0 Å². The van der Waals surface area contributed by atoms with E-state index in [1.54, 1.807) is 10.8 Å². The second-order valence-corrected chi connectivity index (χ2v) is 4.95. The summed E-state index contributed by atoms with van der Waals surface area (Å²) in [6.07, 6.45) is 4.30. The van der Waals surface area contributed by atoms with Crippen LogP contribution in [0.3, 0.4) is 0 Å². The number of carbonyl (C=O) groups is 1. The van der Waals surface area contributed by atoms with Crippen molar-refractivity contribution in [2.24, 2.45) is 5.92 Å². The molecule has 0 saturated heterocycles. The Balaban J connectivity index is 2.94. The Labute approximate surface area is 112 Å². The van der Waals surface area contributed by atoms with Crippen LogP contribution in [0.1, 0.15) is 33.6 Å². The van der Waals surface area contributed by atoms with Crippen molar-refractivity contribution in [2.45, 2.75) is 46.2 Å². The lowest BCUT2D eigenvalue weighted by atomic mass is 10.2. The SMILES string of the molecule is CCCC(Nc1nccn(CC(C)C)c1=O)C(=O)O. The van der Waals surface area contributed by atoms with E-state index in [1.165, 1.54) is 6.20 Å². The van der Waals surface area contributed by atoms with Gasteiger partial charge >= 0.3 is 5.97 Å². The first kappa shape index (κ1) is 15.2. The molecule has 2 N–H and O–H groups in total. The monoisotopic (exact) mass is 267 g/mol. The summed E-state index contributed by atoms with van der Waals surface area (Å²) in [4.78, 5) is 27.1. The summed E-state index contributed by atoms with van der Waals surface area (Å²) in [5, 5.41) is 11.8. The third kappa shape index (κ3) is 4.39. The van der Waals surface area contributed by atoms with Gasteiger partial charge in [-0.2, -0.15) is 0 Å². The van der Waals surface area contributed by atoms with E-state index in [0.29, 0.717) is 18.9 Å². The number of hydrogen-bond donors (Lipinski definition) is 2. The van der Waals surface area contributed by atoms with Gasteiger partial charge in [0, 0.05) is 18.9 Å². The Bertz CT molecular complexity index is 482. The second-order valence-electron chi connectivity index (χ2n) is 4.95. The molecule has 6 heteroatoms. The van der Waals surface area contributed by atoms with Crippen LogP contribution in [0.15, 0.2) is 17.2 Å². The van der Waals surface area contributed by atoms with Gasteiger partial charge in [-0.3, -0.25) is 4.79 Å². The minimum absolute atomic E-state index is 0.101. The van der Waals surface area contributed by atoms with Gasteiger partial charge in [0.2, 0.25) is 0 Å². The topological polar surface area (TPSA) is 84.2 Å². The van der Waals surface area contributed by atoms with Crippen molar-refractivity contribution in [3.05, 3.63) is 22.7 Å². The summed E-state index contributed by atoms with van der Waals surface area (Å²) in [6, 6.07) is -0.778. The van der Waals surface area contributed by atoms with Gasteiger partial charge in [-0.1, -0.05) is 27.2 Å². The Morgan fingerprint density at radius 3 is 2.74 bits per heavy atom. The fraction of sp³-hybridized carbons (Fsp3) is 0.615. The number of carboxylic acid groups (broad SMARTS) is 1. The molecule has 6 nitrogen and oxygen atoms in total. The highest BCUT2D eigenvalue weighted by atomic mass is 16.4. The largest absolute Gasteiger partial charge is 0.480 e. The average molecular weight is 267 g/mol. The van der Waals surface area contributed by atoms with Crippen molar-refractivity contribution >= 4 is 11.8 Å². The lowest BCUT2D eigenvalue weighted by molar-refractivity contribution is -0.138. The highest BCUT2D eigenvalue weighted by molar-refractivity contribution is 5.76. The lowest BCUT2D eigenvalue weighted by Crippen LogP contribution is -2.34. The van der Waals surface area contributed by atoms with Crippen LogP contribution in [-0.4, -0.2) is 26.7 Å². The van der Waals surface area contributed by atoms with Crippen molar-refractivity contribution in [2.75, 3.05) is 5.32 Å². The Morgan fingerprint density at radius 1 is 1.53 bits per heavy atom. The molecule has 106 valence electrons. The van der Waals surface area contributed by atoms with Crippen LogP contribution in [0.2, 0.25) is 0 Å². The fourth-order valence-corrected chi connectivity index (χ4v) is 1.79. The maximum Gasteiger partial charge on any atom is 0.326 e. The van der Waals surface area contributed by atoms with E-state index in [0.717, 1.165) is 6.42 Å². The van der Waals surface area contributed by atoms with Crippen molar-refractivity contribution < 1.29 is 9.90 Å². The van der Waals surface area contributed by atoms with E-state index in [2.05, 4.69) is 10.3 Å². The van der Waals surface area contributed by atoms with E-state index in [9.17, 15) is 9.59 Å². The molecule has 0 aliphatic carbocycles. The molecular weight excluding hydrogens is 246 g/mol. The molecule has 0 saturated carbocycles. The lowest BCUT2D eigenvalue weighted by Gasteiger charge is -2.15. The summed E-state index contributed by atoms with van der Waals surface area (Å²) in [7, 11) is 0. The standard InChI is InChI=1S/C13H21N3O3/c1-4-5-10(13(18)19)15-11-12(17)16(7-6-14-11)8-9(2)3/h6-7,9-10H,4-5,8H2,1-3H3,(H,14,15)(H,18,19). The van der Waals surface area contributed by atoms with E-state index >= 15 is 0 Å². The molecule has 0 spiro atoms. The first-order valence-electron chi connectivity index (χ1n) is 6.50. The number of rotatable bonds is 7. The van der Waals surface area contributed by atoms with Crippen LogP contribution in [0.25, 0.3) is 0 Å². The highest BCUT2D eigenvalue weighted by Crippen LogP contribution is 2.05. The molecule has 0 radical (unpaired) electrons. The number of aromatic nitrogens is 2. The van der Waals surface area contributed by atoms with E-state index < -0.39 is 12.0 Å². The van der Waals surface area contributed by atoms with Gasteiger partial charge in [-0.05, 0) is 12.3 Å². The molecule has 1 aromatic heterocycles. The van der Waals surface area contributed by atoms with Gasteiger partial charge in [0.1, 0.15) is 6.04 Å². The van der Waals surface area contributed by atoms with Crippen LogP contribution in [-0.2, 0) is 11.3 Å². The normalized spacial score (nSPS) is 12.4. The second kappa shape index (κ2) is 6.92. The van der Waals surface area contributed by atoms with E-state index in [1.807, 2.05) is 20.8 Å². The molecular formula is C13H21N3O3. The van der Waals surface area contributed by atoms with Crippen LogP contribution in [0.4, 0.5) is 5.82 Å². The molecule has 0 amide bonds. The van der Waals surface area contributed by atoms with Crippen LogP contribution in [0, 0.1) is 5.92 Å². The molecule has 0 bridgehead atoms. The van der Waals surface area contributed by atoms with Gasteiger partial charge in [-0.25, -0.2) is 9.78 Å². The zero-order valence-corrected chi connectivity index (χ0v) is 11.6. The molecule has 1 unspecified atom stereocenters. The molecule has 0 fully saturated rings. The molecule has 1 atom stereocenters. The first-order chi connectivity index (χ1) is 8.95. The molecule has 0 aliphatic heterocycles. The minimum Gasteiger partial charge on any atom is -0.480 e. The van der Waals surface area contributed by atoms with Crippen LogP contribution < -0.4 is 10.9 Å². The van der Waals surface area contributed by atoms with Crippen molar-refractivity contribution in [1.29, 1.82) is 0 Å². The molecule has 0 aromatic carbocycles. The first-order valence-corrected chi connectivity index (χ1v) is 6.50. The molecule has 1 aromatic rings. The number of nitrogens with one attached hydrogen (secondary N) is 1. The molecule has 1 rings (SSSR count). The highest BCUT2D eigenvalue weighted by Gasteiger charge is 2.18. The minimum atomic E-state index is -0.970. The van der Waals surface area contributed by atoms with Gasteiger partial charge in [0.05, 0.1) is 0 Å². The number of anilines is 1. The fourth-order valence-electron chi connectivity index (χ4n) is 1.79. The smallest absolute Gasteiger partial charge is 0.326 e. The summed E-state index contributed by atoms with van der Waals surface area (Å²) in [5.74, 6) is -0.537. The third-order valence-electron chi connectivity index (χ3n) is 2.66. The summed E-state index contributed by atoms with van der Waals surface area (Å²) in [5.41, 5.74) is -0.279. The van der Waals surface area contributed by atoms with E-state index in [4.69, 9.17) is 5.11 Å². The predicted molar refractivity (Wildman–Crippen MR) is 73.3 cm³/mol. The average Bonchev–Trinajstić information content (AvgIpc) is 2.32. The molecule has 19 heavy (non-hydrogen) atoms. The zero-order valence-electron chi connectivity index (χ0n) is 11.6. The maximum absolute atomic E-state index is 12.1. The number of aliphatic carboxylic acids is 1. The molecule has 0 aliphatic rings. The summed E-state index contributed by atoms with van der Waals surface area (Å²) >= 11 is 0. The van der Waals surface area contributed by atoms with Crippen LogP contribution >= 0.6 is 0 Å². The van der Waals surface area contributed by atoms with Gasteiger partial charge < -0.3 is 15.0 Å². The van der Waals surface area contributed by atoms with Gasteiger partial charge in [0.25, 0.3) is 5.56 Å². The van der Waals surface area contributed by atoms with Crippen molar-refractivity contribution in [3.8, 4) is 0 Å². The summed E-state index contributed by atoms with van der Waals surface area (Å²) in [6.45, 7) is 6.50. The zero-order chi connectivity index (χ0) is 14.4. The maximum atomic E-state index is 12.1. The molecule has 1 heterocycles. The van der Waals surface area contributed by atoms with Crippen molar-refractivity contribution in [1.82, 2.24) is 9.55 Å². The quantitative estimate of drug-likeness (QED) is 0.783. The Kier molecular flexibility index (Phi) is 5.54. The number of carboxylic acids is 1. The van der Waals surface area contributed by atoms with E-state index in [-0.39, 0.29) is 11.4 Å². The predicted octanol–water partition coefficient (Wildman–Crippen LogP) is 1.56. The Hall–Kier alpha value is -1.85. The van der Waals surface area contributed by atoms with Crippen LogP contribution in [0.5, 0.6) is 0 Å². The summed E-state index contributed by atoms with van der Waals surface area (Å²) < 4.78 is 1.55. The third-order valence-corrected chi connectivity index (χ3v) is 2.66. The number of nitrogens with zero attached hydrogens (tertiary/aromatic N) is 2. The van der Waals surface area contributed by atoms with Gasteiger partial charge in [-0.15, -0.1) is 0 Å². The number of hydrogen-bond acceptors (Lipinski definition) is 4. The van der Waals surface area contributed by atoms with Gasteiger partial charge in [0.15, 0.2) is 5.82 Å².